The van der Waals surface area contributed by atoms with E-state index in [4.69, 9.17) is 16.6 Å². The van der Waals surface area contributed by atoms with Crippen molar-refractivity contribution in [3.63, 3.8) is 0 Å². The summed E-state index contributed by atoms with van der Waals surface area (Å²) in [5, 5.41) is 11.3. The number of allylic oxidation sites excluding steroid dienone is 1. The van der Waals surface area contributed by atoms with Crippen molar-refractivity contribution in [3.8, 4) is 22.7 Å². The van der Waals surface area contributed by atoms with E-state index in [2.05, 4.69) is 9.88 Å². The topological polar surface area (TPSA) is 94.8 Å². The number of rotatable bonds is 4. The van der Waals surface area contributed by atoms with Crippen molar-refractivity contribution < 1.29 is 14.3 Å². The van der Waals surface area contributed by atoms with Gasteiger partial charge in [-0.1, -0.05) is 37.6 Å². The number of anilines is 2. The van der Waals surface area contributed by atoms with E-state index in [9.17, 15) is 14.7 Å². The van der Waals surface area contributed by atoms with Gasteiger partial charge in [0.1, 0.15) is 23.3 Å². The van der Waals surface area contributed by atoms with Crippen molar-refractivity contribution in [1.82, 2.24) is 19.4 Å². The average molecular weight is 603 g/mol. The summed E-state index contributed by atoms with van der Waals surface area (Å²) in [6.07, 6.45) is 5.58. The number of piperazine rings is 1. The molecular weight excluding hydrogens is 571 g/mol. The van der Waals surface area contributed by atoms with E-state index < -0.39 is 17.4 Å². The maximum Gasteiger partial charge on any atom is 0.283 e. The van der Waals surface area contributed by atoms with Crippen LogP contribution in [0.2, 0.25) is 5.02 Å². The van der Waals surface area contributed by atoms with Gasteiger partial charge < -0.3 is 19.8 Å². The van der Waals surface area contributed by atoms with Crippen LogP contribution in [0.4, 0.5) is 15.8 Å². The van der Waals surface area contributed by atoms with E-state index in [1.165, 1.54) is 27.7 Å². The summed E-state index contributed by atoms with van der Waals surface area (Å²) in [7, 11) is 1.62. The van der Waals surface area contributed by atoms with Crippen LogP contribution in [0.15, 0.2) is 53.6 Å². The van der Waals surface area contributed by atoms with Crippen LogP contribution < -0.4 is 15.4 Å². The van der Waals surface area contributed by atoms with Gasteiger partial charge in [0, 0.05) is 38.3 Å². The summed E-state index contributed by atoms with van der Waals surface area (Å²) < 4.78 is 16.6. The van der Waals surface area contributed by atoms with E-state index in [0.29, 0.717) is 42.1 Å². The molecule has 2 aliphatic heterocycles. The number of likely N-dealkylation sites (N-methyl/N-ethyl adjacent to an activating group) is 1. The average Bonchev–Trinajstić information content (AvgIpc) is 2.96. The highest BCUT2D eigenvalue weighted by molar-refractivity contribution is 6.34. The molecule has 0 aliphatic carbocycles. The molecule has 43 heavy (non-hydrogen) atoms. The van der Waals surface area contributed by atoms with Gasteiger partial charge in [0.25, 0.3) is 11.5 Å². The number of hydrogen-bond donors (Lipinski definition) is 1. The Kier molecular flexibility index (Phi) is 7.12. The smallest absolute Gasteiger partial charge is 0.283 e. The van der Waals surface area contributed by atoms with Gasteiger partial charge in [-0.15, -0.1) is 0 Å². The van der Waals surface area contributed by atoms with Crippen molar-refractivity contribution in [2.24, 2.45) is 0 Å². The number of fused-ring (bicyclic) bond motifs is 5. The van der Waals surface area contributed by atoms with Crippen LogP contribution in [0, 0.1) is 12.7 Å². The number of carbonyl (C=O) groups is 1. The Balaban J connectivity index is 1.76. The third-order valence-corrected chi connectivity index (χ3v) is 8.50. The standard InChI is InChI=1S/C32H32ClFN6O3/c1-6-12-38-13-14-39-22(16-38)31(42)37(5)29-28(39)19-15-20(33)26(24-21(34)8-7-9-23(24)41)36-30(19)40(32(29)43)27-18(4)10-11-35-25(27)17(2)3/h6-12,15,17,22,41H,13-14,16H2,1-5H3/t22-/m1/s1. The first-order chi connectivity index (χ1) is 20.5. The SMILES string of the molecule is CC=CN1CCN2c3c(c(=O)n(-c4c(C)ccnc4C(C)C)c4nc(-c5c(O)cccc5F)c(Cl)cc34)N(C)C(=O)[C@H]2C1. The Morgan fingerprint density at radius 1 is 1.14 bits per heavy atom. The molecule has 1 saturated heterocycles. The van der Waals surface area contributed by atoms with Gasteiger partial charge in [0.2, 0.25) is 0 Å². The second-order valence-corrected chi connectivity index (χ2v) is 11.7. The highest BCUT2D eigenvalue weighted by Crippen LogP contribution is 2.44. The number of amides is 1. The molecule has 6 rings (SSSR count). The summed E-state index contributed by atoms with van der Waals surface area (Å²) in [6, 6.07) is 6.89. The van der Waals surface area contributed by atoms with E-state index in [0.717, 1.165) is 5.56 Å². The first-order valence-corrected chi connectivity index (χ1v) is 14.6. The lowest BCUT2D eigenvalue weighted by molar-refractivity contribution is -0.120. The number of halogens is 2. The van der Waals surface area contributed by atoms with Crippen molar-refractivity contribution in [3.05, 3.63) is 81.3 Å². The molecule has 0 saturated carbocycles. The fraction of sp³-hybridized carbons (Fsp3) is 0.312. The Bertz CT molecular complexity index is 1870. The molecule has 0 bridgehead atoms. The zero-order valence-corrected chi connectivity index (χ0v) is 25.4. The molecular formula is C32H32ClFN6O3. The summed E-state index contributed by atoms with van der Waals surface area (Å²) in [6.45, 7) is 9.34. The van der Waals surface area contributed by atoms with Gasteiger partial charge in [0.15, 0.2) is 5.65 Å². The number of phenols is 1. The summed E-state index contributed by atoms with van der Waals surface area (Å²) in [5.74, 6) is -1.28. The zero-order valence-electron chi connectivity index (χ0n) is 24.6. The molecule has 5 heterocycles. The Morgan fingerprint density at radius 3 is 2.60 bits per heavy atom. The van der Waals surface area contributed by atoms with E-state index in [-0.39, 0.29) is 45.2 Å². The second-order valence-electron chi connectivity index (χ2n) is 11.3. The van der Waals surface area contributed by atoms with Crippen molar-refractivity contribution in [2.75, 3.05) is 36.5 Å². The fourth-order valence-electron chi connectivity index (χ4n) is 6.23. The Morgan fingerprint density at radius 2 is 1.91 bits per heavy atom. The quantitative estimate of drug-likeness (QED) is 0.335. The lowest BCUT2D eigenvalue weighted by Crippen LogP contribution is -2.62. The lowest BCUT2D eigenvalue weighted by atomic mass is 10.00. The normalized spacial score (nSPS) is 16.9. The number of benzene rings is 1. The first kappa shape index (κ1) is 28.7. The minimum Gasteiger partial charge on any atom is -0.507 e. The molecule has 11 heteroatoms. The molecule has 3 aromatic heterocycles. The molecule has 222 valence electrons. The van der Waals surface area contributed by atoms with Gasteiger partial charge >= 0.3 is 0 Å². The van der Waals surface area contributed by atoms with E-state index in [1.807, 2.05) is 50.9 Å². The third-order valence-electron chi connectivity index (χ3n) is 8.22. The molecule has 1 fully saturated rings. The zero-order chi connectivity index (χ0) is 30.7. The molecule has 9 nitrogen and oxygen atoms in total. The van der Waals surface area contributed by atoms with Crippen LogP contribution in [0.5, 0.6) is 5.75 Å². The molecule has 4 aromatic rings. The Labute approximate surface area is 253 Å². The number of aryl methyl sites for hydroxylation is 1. The molecule has 1 amide bonds. The molecule has 1 N–H and O–H groups in total. The largest absolute Gasteiger partial charge is 0.507 e. The van der Waals surface area contributed by atoms with Gasteiger partial charge in [-0.05, 0) is 55.8 Å². The maximum absolute atomic E-state index is 15.1. The first-order valence-electron chi connectivity index (χ1n) is 14.2. The van der Waals surface area contributed by atoms with Crippen LogP contribution >= 0.6 is 11.6 Å². The summed E-state index contributed by atoms with van der Waals surface area (Å²) >= 11 is 6.82. The lowest BCUT2D eigenvalue weighted by Gasteiger charge is -2.47. The van der Waals surface area contributed by atoms with Crippen molar-refractivity contribution >= 4 is 39.9 Å². The number of pyridine rings is 3. The molecule has 1 atom stereocenters. The van der Waals surface area contributed by atoms with Crippen LogP contribution in [0.1, 0.15) is 37.9 Å². The van der Waals surface area contributed by atoms with Gasteiger partial charge in [-0.25, -0.2) is 9.37 Å². The summed E-state index contributed by atoms with van der Waals surface area (Å²) in [4.78, 5) is 43.4. The molecule has 1 aromatic carbocycles. The van der Waals surface area contributed by atoms with Crippen LogP contribution in [0.25, 0.3) is 28.0 Å². The highest BCUT2D eigenvalue weighted by atomic mass is 35.5. The van der Waals surface area contributed by atoms with Crippen molar-refractivity contribution in [1.29, 1.82) is 0 Å². The number of carbonyl (C=O) groups excluding carboxylic acids is 1. The summed E-state index contributed by atoms with van der Waals surface area (Å²) in [5.41, 5.74) is 2.35. The number of aromatic hydroxyl groups is 1. The minimum atomic E-state index is -0.702. The number of hydrogen-bond acceptors (Lipinski definition) is 7. The van der Waals surface area contributed by atoms with Gasteiger partial charge in [0.05, 0.1) is 33.3 Å². The fourth-order valence-corrected chi connectivity index (χ4v) is 6.47. The van der Waals surface area contributed by atoms with Crippen LogP contribution in [0.3, 0.4) is 0 Å². The predicted molar refractivity (Wildman–Crippen MR) is 167 cm³/mol. The third kappa shape index (κ3) is 4.43. The maximum atomic E-state index is 15.1. The molecule has 0 spiro atoms. The number of nitrogens with zero attached hydrogens (tertiary/aromatic N) is 6. The predicted octanol–water partition coefficient (Wildman–Crippen LogP) is 5.38. The molecule has 2 aliphatic rings. The van der Waals surface area contributed by atoms with Crippen LogP contribution in [-0.2, 0) is 4.79 Å². The molecule has 0 unspecified atom stereocenters. The minimum absolute atomic E-state index is 0.000185. The number of phenolic OH excluding ortho intramolecular Hbond substituents is 1. The van der Waals surface area contributed by atoms with Gasteiger partial charge in [-0.2, -0.15) is 0 Å². The van der Waals surface area contributed by atoms with Gasteiger partial charge in [-0.3, -0.25) is 19.1 Å². The number of aromatic nitrogens is 3. The second kappa shape index (κ2) is 10.7. The van der Waals surface area contributed by atoms with Crippen LogP contribution in [-0.4, -0.2) is 63.2 Å². The van der Waals surface area contributed by atoms with E-state index in [1.54, 1.807) is 19.3 Å². The van der Waals surface area contributed by atoms with Crippen molar-refractivity contribution in [2.45, 2.75) is 39.7 Å². The Hall–Kier alpha value is -4.44. The molecule has 0 radical (unpaired) electrons. The van der Waals surface area contributed by atoms with E-state index >= 15 is 4.39 Å². The monoisotopic (exact) mass is 602 g/mol. The highest BCUT2D eigenvalue weighted by Gasteiger charge is 2.43.